The van der Waals surface area contributed by atoms with Crippen LogP contribution in [-0.4, -0.2) is 67.5 Å². The lowest BCUT2D eigenvalue weighted by atomic mass is 9.97. The molecule has 0 N–H and O–H groups in total. The van der Waals surface area contributed by atoms with Crippen LogP contribution in [0.2, 0.25) is 0 Å². The number of esters is 1. The fraction of sp³-hybridized carbons (Fsp3) is 0.857. The Labute approximate surface area is 133 Å². The molecule has 0 saturated heterocycles. The van der Waals surface area contributed by atoms with Crippen LogP contribution in [0, 0.1) is 0 Å². The predicted molar refractivity (Wildman–Crippen MR) is 84.8 cm³/mol. The van der Waals surface area contributed by atoms with E-state index in [1.54, 1.807) is 13.8 Å². The summed E-state index contributed by atoms with van der Waals surface area (Å²) in [5.41, 5.74) is -2.51. The molecule has 0 spiro atoms. The summed E-state index contributed by atoms with van der Waals surface area (Å²) in [5, 5.41) is 0. The molecule has 0 heterocycles. The lowest BCUT2D eigenvalue weighted by molar-refractivity contribution is -0.163. The van der Waals surface area contributed by atoms with Gasteiger partial charge in [-0.3, -0.25) is 4.79 Å². The van der Waals surface area contributed by atoms with Crippen molar-refractivity contribution in [3.8, 4) is 0 Å². The largest absolute Gasteiger partial charge is 0.464 e. The summed E-state index contributed by atoms with van der Waals surface area (Å²) in [4.78, 5) is 26.0. The Balaban J connectivity index is 5.39. The van der Waals surface area contributed by atoms with Crippen LogP contribution >= 0.6 is 0 Å². The van der Waals surface area contributed by atoms with E-state index >= 15 is 0 Å². The van der Waals surface area contributed by atoms with Gasteiger partial charge in [0.05, 0.1) is 12.9 Å². The zero-order valence-corrected chi connectivity index (χ0v) is 15.6. The first-order valence-corrected chi connectivity index (χ1v) is 8.95. The van der Waals surface area contributed by atoms with Crippen LogP contribution in [-0.2, 0) is 24.3 Å². The van der Waals surface area contributed by atoms with E-state index in [9.17, 15) is 18.0 Å². The maximum absolute atomic E-state index is 12.7. The highest BCUT2D eigenvalue weighted by Crippen LogP contribution is 2.24. The van der Waals surface area contributed by atoms with Crippen molar-refractivity contribution in [3.63, 3.8) is 0 Å². The van der Waals surface area contributed by atoms with Gasteiger partial charge in [0, 0.05) is 14.1 Å². The predicted octanol–water partition coefficient (Wildman–Crippen LogP) is 0.847. The van der Waals surface area contributed by atoms with Gasteiger partial charge in [0.15, 0.2) is 0 Å². The van der Waals surface area contributed by atoms with Crippen LogP contribution in [0.3, 0.4) is 0 Å². The lowest BCUT2D eigenvalue weighted by Crippen LogP contribution is -2.61. The Bertz CT molecular complexity index is 525. The smallest absolute Gasteiger partial charge is 0.331 e. The van der Waals surface area contributed by atoms with E-state index in [-0.39, 0.29) is 6.61 Å². The van der Waals surface area contributed by atoms with Crippen molar-refractivity contribution in [3.05, 3.63) is 0 Å². The number of carbonyl (C=O) groups excluding carboxylic acids is 2. The minimum atomic E-state index is -3.55. The van der Waals surface area contributed by atoms with Gasteiger partial charge in [0.2, 0.25) is 15.9 Å². The molecule has 0 rings (SSSR count). The second kappa shape index (κ2) is 6.95. The van der Waals surface area contributed by atoms with Gasteiger partial charge in [-0.15, -0.1) is 0 Å². The first kappa shape index (κ1) is 20.9. The van der Waals surface area contributed by atoms with E-state index in [0.717, 1.165) is 10.6 Å². The molecule has 1 amide bonds. The molecule has 0 aromatic rings. The second-order valence-corrected chi connectivity index (χ2v) is 8.36. The number of amides is 1. The summed E-state index contributed by atoms with van der Waals surface area (Å²) in [6, 6.07) is 0. The molecule has 0 fully saturated rings. The average molecular weight is 336 g/mol. The molecule has 130 valence electrons. The number of nitrogens with zero attached hydrogens (tertiary/aromatic N) is 2. The fourth-order valence-electron chi connectivity index (χ4n) is 1.72. The van der Waals surface area contributed by atoms with Gasteiger partial charge >= 0.3 is 5.97 Å². The van der Waals surface area contributed by atoms with Crippen molar-refractivity contribution in [2.75, 3.05) is 27.0 Å². The molecule has 0 radical (unpaired) electrons. The third-order valence-corrected chi connectivity index (χ3v) is 5.34. The van der Waals surface area contributed by atoms with Gasteiger partial charge in [0.1, 0.15) is 11.1 Å². The van der Waals surface area contributed by atoms with Crippen molar-refractivity contribution in [2.24, 2.45) is 0 Å². The van der Waals surface area contributed by atoms with Gasteiger partial charge in [-0.25, -0.2) is 13.2 Å². The number of ether oxygens (including phenoxy) is 1. The second-order valence-electron chi connectivity index (χ2n) is 6.35. The van der Waals surface area contributed by atoms with Crippen LogP contribution < -0.4 is 0 Å². The molecule has 0 bridgehead atoms. The normalized spacial score (nSPS) is 13.1. The number of hydrogen-bond acceptors (Lipinski definition) is 5. The molecule has 0 atom stereocenters. The summed E-state index contributed by atoms with van der Waals surface area (Å²) >= 11 is 0. The zero-order valence-electron chi connectivity index (χ0n) is 14.8. The highest BCUT2D eigenvalue weighted by Gasteiger charge is 2.45. The summed E-state index contributed by atoms with van der Waals surface area (Å²) < 4.78 is 29.5. The van der Waals surface area contributed by atoms with Crippen molar-refractivity contribution in [1.29, 1.82) is 0 Å². The quantitative estimate of drug-likeness (QED) is 0.644. The standard InChI is InChI=1S/C14H28N2O5S/c1-9-10-21-12(18)14(4,5)15(6)11(17)13(2,3)16(7)22(8,19)20/h9-10H2,1-8H3. The molecular formula is C14H28N2O5S. The molecule has 22 heavy (non-hydrogen) atoms. The molecule has 0 unspecified atom stereocenters. The SMILES string of the molecule is CCCOC(=O)C(C)(C)N(C)C(=O)C(C)(C)N(C)S(C)(=O)=O. The number of carbonyl (C=O) groups is 2. The Kier molecular flexibility index (Phi) is 6.59. The Morgan fingerprint density at radius 1 is 1.05 bits per heavy atom. The molecule has 0 aromatic carbocycles. The van der Waals surface area contributed by atoms with Crippen molar-refractivity contribution < 1.29 is 22.7 Å². The highest BCUT2D eigenvalue weighted by atomic mass is 32.2. The van der Waals surface area contributed by atoms with E-state index in [1.165, 1.54) is 32.8 Å². The van der Waals surface area contributed by atoms with Crippen molar-refractivity contribution in [2.45, 2.75) is 52.1 Å². The van der Waals surface area contributed by atoms with E-state index in [4.69, 9.17) is 4.74 Å². The van der Waals surface area contributed by atoms with Crippen LogP contribution in [0.4, 0.5) is 0 Å². The van der Waals surface area contributed by atoms with Gasteiger partial charge < -0.3 is 9.64 Å². The molecular weight excluding hydrogens is 308 g/mol. The van der Waals surface area contributed by atoms with Crippen LogP contribution in [0.1, 0.15) is 41.0 Å². The van der Waals surface area contributed by atoms with Gasteiger partial charge in [-0.1, -0.05) is 6.92 Å². The third-order valence-electron chi connectivity index (χ3n) is 3.89. The van der Waals surface area contributed by atoms with E-state index in [0.29, 0.717) is 6.42 Å². The topological polar surface area (TPSA) is 84.0 Å². The zero-order chi connectivity index (χ0) is 17.9. The minimum absolute atomic E-state index is 0.275. The number of rotatable bonds is 7. The molecule has 0 aliphatic rings. The first-order valence-electron chi connectivity index (χ1n) is 7.10. The number of hydrogen-bond donors (Lipinski definition) is 0. The summed E-state index contributed by atoms with van der Waals surface area (Å²) in [5.74, 6) is -1.01. The molecule has 0 saturated carbocycles. The van der Waals surface area contributed by atoms with Gasteiger partial charge in [-0.2, -0.15) is 4.31 Å². The molecule has 0 aliphatic heterocycles. The first-order chi connectivity index (χ1) is 9.70. The minimum Gasteiger partial charge on any atom is -0.464 e. The maximum Gasteiger partial charge on any atom is 0.331 e. The van der Waals surface area contributed by atoms with Crippen molar-refractivity contribution >= 4 is 21.9 Å². The van der Waals surface area contributed by atoms with E-state index < -0.39 is 33.0 Å². The van der Waals surface area contributed by atoms with Gasteiger partial charge in [0.25, 0.3) is 0 Å². The van der Waals surface area contributed by atoms with Gasteiger partial charge in [-0.05, 0) is 34.1 Å². The molecule has 0 aliphatic carbocycles. The third kappa shape index (κ3) is 4.42. The number of likely N-dealkylation sites (N-methyl/N-ethyl adjacent to an activating group) is 2. The maximum atomic E-state index is 12.7. The fourth-order valence-corrected chi connectivity index (χ4v) is 2.63. The van der Waals surface area contributed by atoms with Crippen LogP contribution in [0.25, 0.3) is 0 Å². The lowest BCUT2D eigenvalue weighted by Gasteiger charge is -2.41. The Morgan fingerprint density at radius 2 is 1.50 bits per heavy atom. The van der Waals surface area contributed by atoms with E-state index in [2.05, 4.69) is 0 Å². The summed E-state index contributed by atoms with van der Waals surface area (Å²) in [7, 11) is -0.747. The summed E-state index contributed by atoms with van der Waals surface area (Å²) in [6.45, 7) is 8.29. The average Bonchev–Trinajstić information content (AvgIpc) is 2.40. The Hall–Kier alpha value is -1.15. The number of sulfonamides is 1. The monoisotopic (exact) mass is 336 g/mol. The highest BCUT2D eigenvalue weighted by molar-refractivity contribution is 7.88. The van der Waals surface area contributed by atoms with Crippen LogP contribution in [0.5, 0.6) is 0 Å². The molecule has 0 aromatic heterocycles. The van der Waals surface area contributed by atoms with E-state index in [1.807, 2.05) is 6.92 Å². The summed E-state index contributed by atoms with van der Waals surface area (Å²) in [6.07, 6.45) is 1.71. The van der Waals surface area contributed by atoms with Crippen LogP contribution in [0.15, 0.2) is 0 Å². The molecule has 7 nitrogen and oxygen atoms in total. The van der Waals surface area contributed by atoms with Crippen molar-refractivity contribution in [1.82, 2.24) is 9.21 Å². The Morgan fingerprint density at radius 3 is 1.86 bits per heavy atom. The molecule has 8 heteroatoms.